The van der Waals surface area contributed by atoms with Crippen LogP contribution in [0.4, 0.5) is 0 Å². The van der Waals surface area contributed by atoms with Crippen LogP contribution in [0.15, 0.2) is 208 Å². The number of benzene rings is 9. The van der Waals surface area contributed by atoms with Gasteiger partial charge < -0.3 is 13.7 Å². The van der Waals surface area contributed by atoms with Crippen LogP contribution in [0, 0.1) is 0 Å². The minimum atomic E-state index is -0.115. The maximum Gasteiger partial charge on any atom is 0.0692 e. The zero-order valence-electron chi connectivity index (χ0n) is 34.1. The molecule has 9 aromatic carbocycles. The normalized spacial score (nSPS) is 14.0. The second kappa shape index (κ2) is 12.6. The van der Waals surface area contributed by atoms with Gasteiger partial charge in [0, 0.05) is 69.5 Å². The van der Waals surface area contributed by atoms with Crippen LogP contribution < -0.4 is 0 Å². The molecule has 3 nitrogen and oxygen atoms in total. The maximum absolute atomic E-state index is 2.58. The number of aromatic nitrogens is 3. The standard InChI is InChI=1S/C57H37N3S2/c1-57(2)45-19-9-6-16-37(45)41-32-44-40-26-29-54-56(62-53-23-13-12-22-52(53)61-54)55(40)60(51(44)33-46(41)57)36-25-28-50-43(31-36)39-18-8-11-21-48(39)59(50)35-24-27-49-42(30-35)38-17-7-10-20-47(38)58(49)34-14-4-3-5-15-34/h3-33H,1-2H3. The Kier molecular flexibility index (Phi) is 7.05. The van der Waals surface area contributed by atoms with Gasteiger partial charge in [-0.15, -0.1) is 0 Å². The fraction of sp³-hybridized carbons (Fsp3) is 0.0526. The molecule has 5 heteroatoms. The molecule has 12 aromatic rings. The van der Waals surface area contributed by atoms with Crippen molar-refractivity contribution in [3.63, 3.8) is 0 Å². The Morgan fingerprint density at radius 1 is 0.339 bits per heavy atom. The van der Waals surface area contributed by atoms with Crippen molar-refractivity contribution < 1.29 is 0 Å². The molecule has 292 valence electrons. The summed E-state index contributed by atoms with van der Waals surface area (Å²) in [5.41, 5.74) is 16.2. The summed E-state index contributed by atoms with van der Waals surface area (Å²) >= 11 is 3.81. The van der Waals surface area contributed by atoms with Crippen LogP contribution in [-0.2, 0) is 5.41 Å². The van der Waals surface area contributed by atoms with E-state index in [2.05, 4.69) is 216 Å². The van der Waals surface area contributed by atoms with Crippen LogP contribution in [0.2, 0.25) is 0 Å². The number of fused-ring (bicyclic) bond motifs is 15. The Morgan fingerprint density at radius 3 is 1.63 bits per heavy atom. The van der Waals surface area contributed by atoms with Crippen LogP contribution in [0.3, 0.4) is 0 Å². The molecule has 14 rings (SSSR count). The quantitative estimate of drug-likeness (QED) is 0.176. The van der Waals surface area contributed by atoms with Gasteiger partial charge in [-0.2, -0.15) is 0 Å². The van der Waals surface area contributed by atoms with Gasteiger partial charge in [0.1, 0.15) is 0 Å². The average molecular weight is 828 g/mol. The number of nitrogens with zero attached hydrogens (tertiary/aromatic N) is 3. The molecule has 0 spiro atoms. The monoisotopic (exact) mass is 827 g/mol. The van der Waals surface area contributed by atoms with Crippen molar-refractivity contribution in [1.29, 1.82) is 0 Å². The molecule has 2 aliphatic rings. The molecule has 1 aliphatic heterocycles. The Bertz CT molecular complexity index is 3900. The van der Waals surface area contributed by atoms with Crippen LogP contribution in [-0.4, -0.2) is 13.7 Å². The molecule has 1 aliphatic carbocycles. The highest BCUT2D eigenvalue weighted by atomic mass is 32.2. The van der Waals surface area contributed by atoms with Gasteiger partial charge >= 0.3 is 0 Å². The lowest BCUT2D eigenvalue weighted by atomic mass is 9.82. The third-order valence-electron chi connectivity index (χ3n) is 13.7. The van der Waals surface area contributed by atoms with Gasteiger partial charge in [0.15, 0.2) is 0 Å². The summed E-state index contributed by atoms with van der Waals surface area (Å²) in [6.45, 7) is 4.78. The zero-order valence-corrected chi connectivity index (χ0v) is 35.7. The topological polar surface area (TPSA) is 14.8 Å². The molecule has 3 aromatic heterocycles. The Hall–Kier alpha value is -6.92. The van der Waals surface area contributed by atoms with Crippen LogP contribution in [0.1, 0.15) is 25.0 Å². The van der Waals surface area contributed by atoms with E-state index in [0.717, 1.165) is 5.69 Å². The molecule has 0 atom stereocenters. The molecule has 0 fully saturated rings. The first-order chi connectivity index (χ1) is 30.5. The summed E-state index contributed by atoms with van der Waals surface area (Å²) in [6.07, 6.45) is 0. The van der Waals surface area contributed by atoms with Crippen molar-refractivity contribution in [1.82, 2.24) is 13.7 Å². The van der Waals surface area contributed by atoms with E-state index in [9.17, 15) is 0 Å². The SMILES string of the molecule is CC1(C)c2ccccc2-c2cc3c4ccc5c(c4n(-c4ccc6c(c4)c4ccccc4n6-c4ccc6c(c4)c4ccccc4n6-c4ccccc4)c3cc21)Sc1ccccc1S5. The predicted molar refractivity (Wildman–Crippen MR) is 262 cm³/mol. The smallest absolute Gasteiger partial charge is 0.0692 e. The molecule has 0 amide bonds. The highest BCUT2D eigenvalue weighted by Gasteiger charge is 2.36. The molecular weight excluding hydrogens is 791 g/mol. The van der Waals surface area contributed by atoms with Gasteiger partial charge in [0.2, 0.25) is 0 Å². The first-order valence-corrected chi connectivity index (χ1v) is 23.0. The molecule has 0 saturated carbocycles. The van der Waals surface area contributed by atoms with Gasteiger partial charge in [-0.25, -0.2) is 0 Å². The fourth-order valence-electron chi connectivity index (χ4n) is 10.9. The van der Waals surface area contributed by atoms with Crippen molar-refractivity contribution in [2.75, 3.05) is 0 Å². The molecule has 4 heterocycles. The first-order valence-electron chi connectivity index (χ1n) is 21.3. The van der Waals surface area contributed by atoms with Gasteiger partial charge in [-0.05, 0) is 113 Å². The minimum Gasteiger partial charge on any atom is -0.309 e. The van der Waals surface area contributed by atoms with Crippen LogP contribution in [0.5, 0.6) is 0 Å². The van der Waals surface area contributed by atoms with E-state index in [1.807, 2.05) is 23.5 Å². The highest BCUT2D eigenvalue weighted by molar-refractivity contribution is 8.05. The van der Waals surface area contributed by atoms with E-state index in [-0.39, 0.29) is 5.41 Å². The van der Waals surface area contributed by atoms with Crippen LogP contribution in [0.25, 0.3) is 93.6 Å². The predicted octanol–water partition coefficient (Wildman–Crippen LogP) is 15.9. The second-order valence-corrected chi connectivity index (χ2v) is 19.4. The van der Waals surface area contributed by atoms with Crippen molar-refractivity contribution in [3.8, 4) is 28.2 Å². The van der Waals surface area contributed by atoms with Gasteiger partial charge in [-0.1, -0.05) is 134 Å². The van der Waals surface area contributed by atoms with Gasteiger partial charge in [0.25, 0.3) is 0 Å². The zero-order chi connectivity index (χ0) is 40.8. The molecule has 0 radical (unpaired) electrons. The lowest BCUT2D eigenvalue weighted by Crippen LogP contribution is -2.15. The van der Waals surface area contributed by atoms with E-state index >= 15 is 0 Å². The number of hydrogen-bond acceptors (Lipinski definition) is 2. The van der Waals surface area contributed by atoms with Gasteiger partial charge in [0.05, 0.1) is 38.0 Å². The van der Waals surface area contributed by atoms with Crippen molar-refractivity contribution in [3.05, 3.63) is 199 Å². The van der Waals surface area contributed by atoms with Crippen molar-refractivity contribution in [2.24, 2.45) is 0 Å². The third-order valence-corrected chi connectivity index (χ3v) is 16.3. The summed E-state index contributed by atoms with van der Waals surface area (Å²) < 4.78 is 7.44. The van der Waals surface area contributed by atoms with Crippen molar-refractivity contribution >= 4 is 88.9 Å². The Morgan fingerprint density at radius 2 is 0.903 bits per heavy atom. The summed E-state index contributed by atoms with van der Waals surface area (Å²) in [5.74, 6) is 0. The molecule has 0 N–H and O–H groups in total. The fourth-order valence-corrected chi connectivity index (χ4v) is 13.3. The largest absolute Gasteiger partial charge is 0.309 e. The number of para-hydroxylation sites is 3. The lowest BCUT2D eigenvalue weighted by molar-refractivity contribution is 0.661. The lowest BCUT2D eigenvalue weighted by Gasteiger charge is -2.22. The van der Waals surface area contributed by atoms with E-state index in [1.165, 1.54) is 119 Å². The Balaban J connectivity index is 1.03. The molecule has 0 bridgehead atoms. The van der Waals surface area contributed by atoms with Crippen LogP contribution >= 0.6 is 23.5 Å². The summed E-state index contributed by atoms with van der Waals surface area (Å²) in [7, 11) is 0. The summed E-state index contributed by atoms with van der Waals surface area (Å²) in [6, 6.07) is 70.2. The van der Waals surface area contributed by atoms with Gasteiger partial charge in [-0.3, -0.25) is 0 Å². The van der Waals surface area contributed by atoms with E-state index in [0.29, 0.717) is 0 Å². The van der Waals surface area contributed by atoms with E-state index in [1.54, 1.807) is 0 Å². The number of rotatable bonds is 3. The minimum absolute atomic E-state index is 0.115. The van der Waals surface area contributed by atoms with Crippen molar-refractivity contribution in [2.45, 2.75) is 38.8 Å². The maximum atomic E-state index is 2.58. The molecular formula is C57H37N3S2. The molecule has 0 unspecified atom stereocenters. The van der Waals surface area contributed by atoms with E-state index in [4.69, 9.17) is 0 Å². The second-order valence-electron chi connectivity index (χ2n) is 17.3. The summed E-state index contributed by atoms with van der Waals surface area (Å²) in [5, 5.41) is 7.57. The average Bonchev–Trinajstić information content (AvgIpc) is 4.01. The summed E-state index contributed by atoms with van der Waals surface area (Å²) in [4.78, 5) is 5.27. The molecule has 0 saturated heterocycles. The highest BCUT2D eigenvalue weighted by Crippen LogP contribution is 2.55. The number of hydrogen-bond donors (Lipinski definition) is 0. The third kappa shape index (κ3) is 4.64. The first kappa shape index (κ1) is 34.8. The molecule has 62 heavy (non-hydrogen) atoms. The van der Waals surface area contributed by atoms with E-state index < -0.39 is 0 Å². The Labute approximate surface area is 366 Å².